The predicted octanol–water partition coefficient (Wildman–Crippen LogP) is 5.20. The van der Waals surface area contributed by atoms with E-state index in [1.54, 1.807) is 33.9 Å². The van der Waals surface area contributed by atoms with E-state index >= 15 is 0 Å². The van der Waals surface area contributed by atoms with Gasteiger partial charge in [-0.25, -0.2) is 0 Å². The zero-order valence-electron chi connectivity index (χ0n) is 29.3. The second kappa shape index (κ2) is 17.8. The van der Waals surface area contributed by atoms with Crippen LogP contribution in [0.5, 0.6) is 0 Å². The molecule has 1 aromatic carbocycles. The first-order valence-corrected chi connectivity index (χ1v) is 18.7. The molecule has 3 saturated heterocycles. The minimum absolute atomic E-state index is 0.0490. The Labute approximate surface area is 300 Å². The van der Waals surface area contributed by atoms with Crippen molar-refractivity contribution < 1.29 is 33.8 Å². The molecule has 4 rings (SSSR count). The van der Waals surface area contributed by atoms with Gasteiger partial charge in [0.2, 0.25) is 17.7 Å². The number of aliphatic hydroxyl groups excluding tert-OH is 1. The monoisotopic (exact) mass is 743 g/mol. The summed E-state index contributed by atoms with van der Waals surface area (Å²) in [6, 6.07) is 7.89. The quantitative estimate of drug-likeness (QED) is 0.0845. The predicted molar refractivity (Wildman–Crippen MR) is 192 cm³/mol. The molecule has 3 aliphatic rings. The molecule has 3 aliphatic heterocycles. The van der Waals surface area contributed by atoms with Gasteiger partial charge in [-0.3, -0.25) is 19.2 Å². The number of ether oxygens (including phenoxy) is 2. The van der Waals surface area contributed by atoms with Gasteiger partial charge in [0, 0.05) is 44.5 Å². The van der Waals surface area contributed by atoms with Crippen LogP contribution in [0.2, 0.25) is 0 Å². The van der Waals surface area contributed by atoms with Gasteiger partial charge in [-0.15, -0.1) is 13.2 Å². The average molecular weight is 745 g/mol. The second-order valence-corrected chi connectivity index (χ2v) is 14.8. The first-order valence-electron chi connectivity index (χ1n) is 17.8. The van der Waals surface area contributed by atoms with E-state index in [-0.39, 0.29) is 35.6 Å². The molecule has 0 saturated carbocycles. The van der Waals surface area contributed by atoms with Gasteiger partial charge in [0.1, 0.15) is 17.7 Å². The fourth-order valence-electron chi connectivity index (χ4n) is 7.79. The van der Waals surface area contributed by atoms with Crippen LogP contribution in [0.3, 0.4) is 0 Å². The molecule has 0 aromatic heterocycles. The van der Waals surface area contributed by atoms with E-state index in [0.717, 1.165) is 24.8 Å². The lowest BCUT2D eigenvalue weighted by atomic mass is 9.70. The molecule has 1 N–H and O–H groups in total. The van der Waals surface area contributed by atoms with Crippen LogP contribution in [0.4, 0.5) is 0 Å². The number of fused-ring (bicyclic) bond motifs is 1. The summed E-state index contributed by atoms with van der Waals surface area (Å²) in [6.07, 6.45) is 7.83. The Kier molecular flexibility index (Phi) is 14.1. The SMILES string of the molecule is C=CCCC(=O)N(C)[C@H](C)[C@H](OC(=O)[C@@H]1[C@H]2O[C@@]3(CC2Br)[C@H](C(=O)N(CC=C)CCCCC)N(CCCCCO)C(=O)[C@@H]13)c1ccccc1. The van der Waals surface area contributed by atoms with E-state index in [4.69, 9.17) is 9.47 Å². The molecule has 1 unspecified atom stereocenters. The third kappa shape index (κ3) is 8.15. The number of unbranched alkanes of at least 4 members (excludes halogenated alkanes) is 4. The summed E-state index contributed by atoms with van der Waals surface area (Å²) < 4.78 is 13.1. The molecule has 0 radical (unpaired) electrons. The van der Waals surface area contributed by atoms with E-state index in [9.17, 15) is 24.3 Å². The van der Waals surface area contributed by atoms with Crippen molar-refractivity contribution in [3.05, 3.63) is 61.2 Å². The highest BCUT2D eigenvalue weighted by Crippen LogP contribution is 2.60. The van der Waals surface area contributed by atoms with Gasteiger partial charge in [-0.2, -0.15) is 0 Å². The number of halogens is 1. The topological polar surface area (TPSA) is 117 Å². The van der Waals surface area contributed by atoms with E-state index in [1.807, 2.05) is 37.3 Å². The molecule has 8 atom stereocenters. The Balaban J connectivity index is 1.68. The van der Waals surface area contributed by atoms with Gasteiger partial charge in [0.25, 0.3) is 0 Å². The number of likely N-dealkylation sites (N-methyl/N-ethyl adjacent to an activating group) is 1. The number of hydrogen-bond donors (Lipinski definition) is 1. The number of amides is 3. The molecule has 3 amide bonds. The highest BCUT2D eigenvalue weighted by Gasteiger charge is 2.77. The van der Waals surface area contributed by atoms with Crippen molar-refractivity contribution in [2.24, 2.45) is 11.8 Å². The molecule has 10 nitrogen and oxygen atoms in total. The molecule has 3 fully saturated rings. The van der Waals surface area contributed by atoms with Crippen LogP contribution in [0.25, 0.3) is 0 Å². The smallest absolute Gasteiger partial charge is 0.313 e. The number of esters is 1. The van der Waals surface area contributed by atoms with E-state index in [2.05, 4.69) is 36.0 Å². The number of alkyl halides is 1. The molecule has 0 aliphatic carbocycles. The number of benzene rings is 1. The summed E-state index contributed by atoms with van der Waals surface area (Å²) in [6.45, 7) is 12.8. The minimum Gasteiger partial charge on any atom is -0.455 e. The Morgan fingerprint density at radius 3 is 2.53 bits per heavy atom. The Bertz CT molecular complexity index is 1330. The Morgan fingerprint density at radius 2 is 1.88 bits per heavy atom. The molecule has 3 heterocycles. The summed E-state index contributed by atoms with van der Waals surface area (Å²) in [5, 5.41) is 9.37. The molecular formula is C38H54BrN3O7. The zero-order chi connectivity index (χ0) is 35.7. The zero-order valence-corrected chi connectivity index (χ0v) is 30.9. The number of carbonyl (C=O) groups excluding carboxylic acids is 4. The second-order valence-electron chi connectivity index (χ2n) is 13.6. The molecule has 270 valence electrons. The number of aliphatic hydroxyl groups is 1. The van der Waals surface area contributed by atoms with Crippen LogP contribution in [-0.4, -0.2) is 105 Å². The third-order valence-electron chi connectivity index (χ3n) is 10.4. The van der Waals surface area contributed by atoms with Crippen molar-refractivity contribution >= 4 is 39.6 Å². The maximum absolute atomic E-state index is 14.5. The standard InChI is InChI=1S/C38H54BrN3O7/c1-6-9-15-22-41(21-8-3)36(46)34-38-25-28(39)33(49-38)30(31(38)35(45)42(34)23-16-12-17-24-43)37(47)48-32(27-18-13-11-14-19-27)26(4)40(5)29(44)20-10-7-2/h7-8,11,13-14,18-19,26,28,30-34,43H,2-3,6,9-10,12,15-17,20-25H2,1,4-5H3/t26-,28?,30+,31-,32+,33+,34+,38-/m1/s1. The van der Waals surface area contributed by atoms with E-state index in [1.165, 1.54) is 0 Å². The van der Waals surface area contributed by atoms with E-state index < -0.39 is 47.7 Å². The van der Waals surface area contributed by atoms with Crippen molar-refractivity contribution in [3.63, 3.8) is 0 Å². The fraction of sp³-hybridized carbons (Fsp3) is 0.632. The van der Waals surface area contributed by atoms with Crippen molar-refractivity contribution in [1.29, 1.82) is 0 Å². The number of carbonyl (C=O) groups is 4. The Hall–Kier alpha value is -3.02. The van der Waals surface area contributed by atoms with Crippen LogP contribution in [0, 0.1) is 11.8 Å². The molecule has 1 aromatic rings. The lowest BCUT2D eigenvalue weighted by Crippen LogP contribution is -2.57. The van der Waals surface area contributed by atoms with Gasteiger partial charge in [-0.05, 0) is 51.0 Å². The summed E-state index contributed by atoms with van der Waals surface area (Å²) in [5.41, 5.74) is -0.479. The summed E-state index contributed by atoms with van der Waals surface area (Å²) in [4.78, 5) is 61.2. The van der Waals surface area contributed by atoms with Gasteiger partial charge < -0.3 is 29.3 Å². The van der Waals surface area contributed by atoms with Crippen LogP contribution in [-0.2, 0) is 28.7 Å². The largest absolute Gasteiger partial charge is 0.455 e. The van der Waals surface area contributed by atoms with Crippen molar-refractivity contribution in [2.75, 3.05) is 33.3 Å². The van der Waals surface area contributed by atoms with Crippen LogP contribution >= 0.6 is 15.9 Å². The fourth-order valence-corrected chi connectivity index (χ4v) is 8.73. The normalized spacial score (nSPS) is 26.6. The first-order chi connectivity index (χ1) is 23.6. The van der Waals surface area contributed by atoms with Crippen molar-refractivity contribution in [1.82, 2.24) is 14.7 Å². The highest BCUT2D eigenvalue weighted by atomic mass is 79.9. The molecule has 1 spiro atoms. The Morgan fingerprint density at radius 1 is 1.14 bits per heavy atom. The number of likely N-dealkylation sites (tertiary alicyclic amines) is 1. The van der Waals surface area contributed by atoms with Gasteiger partial charge in [0.05, 0.1) is 24.0 Å². The van der Waals surface area contributed by atoms with Gasteiger partial charge >= 0.3 is 5.97 Å². The maximum atomic E-state index is 14.5. The molecule has 11 heteroatoms. The number of hydrogen-bond acceptors (Lipinski definition) is 7. The number of rotatable bonds is 20. The number of allylic oxidation sites excluding steroid dienone is 1. The van der Waals surface area contributed by atoms with E-state index in [0.29, 0.717) is 51.7 Å². The summed E-state index contributed by atoms with van der Waals surface area (Å²) in [7, 11) is 1.70. The van der Waals surface area contributed by atoms with Gasteiger partial charge in [0.15, 0.2) is 0 Å². The maximum Gasteiger partial charge on any atom is 0.313 e. The molecule has 49 heavy (non-hydrogen) atoms. The van der Waals surface area contributed by atoms with Crippen LogP contribution in [0.1, 0.15) is 83.3 Å². The van der Waals surface area contributed by atoms with Crippen molar-refractivity contribution in [2.45, 2.75) is 106 Å². The molecular weight excluding hydrogens is 690 g/mol. The lowest BCUT2D eigenvalue weighted by Gasteiger charge is -2.37. The molecule has 2 bridgehead atoms. The van der Waals surface area contributed by atoms with Crippen LogP contribution < -0.4 is 0 Å². The summed E-state index contributed by atoms with van der Waals surface area (Å²) in [5.74, 6) is -3.00. The first kappa shape index (κ1) is 38.8. The minimum atomic E-state index is -1.21. The highest BCUT2D eigenvalue weighted by molar-refractivity contribution is 9.09. The lowest BCUT2D eigenvalue weighted by molar-refractivity contribution is -0.164. The van der Waals surface area contributed by atoms with Crippen molar-refractivity contribution in [3.8, 4) is 0 Å². The van der Waals surface area contributed by atoms with Crippen LogP contribution in [0.15, 0.2) is 55.6 Å². The third-order valence-corrected chi connectivity index (χ3v) is 11.3. The van der Waals surface area contributed by atoms with Gasteiger partial charge in [-0.1, -0.05) is 78.2 Å². The number of nitrogens with zero attached hydrogens (tertiary/aromatic N) is 3. The summed E-state index contributed by atoms with van der Waals surface area (Å²) >= 11 is 3.76. The average Bonchev–Trinajstić information content (AvgIpc) is 3.70.